The zero-order chi connectivity index (χ0) is 13.5. The first-order valence-electron chi connectivity index (χ1n) is 5.96. The van der Waals surface area contributed by atoms with Crippen LogP contribution >= 0.6 is 0 Å². The lowest BCUT2D eigenvalue weighted by atomic mass is 10.2. The van der Waals surface area contributed by atoms with Crippen molar-refractivity contribution in [2.24, 2.45) is 5.84 Å². The van der Waals surface area contributed by atoms with Crippen LogP contribution in [0, 0.1) is 0 Å². The Hall–Kier alpha value is -2.41. The second-order valence-electron chi connectivity index (χ2n) is 3.98. The molecule has 7 heteroatoms. The minimum atomic E-state index is -0.135. The summed E-state index contributed by atoms with van der Waals surface area (Å²) in [4.78, 5) is 19.7. The Bertz CT molecular complexity index is 525. The molecule has 0 aliphatic heterocycles. The fraction of sp³-hybridized carbons (Fsp3) is 0.250. The fourth-order valence-corrected chi connectivity index (χ4v) is 1.64. The van der Waals surface area contributed by atoms with E-state index in [0.29, 0.717) is 17.9 Å². The number of nitrogens with zero attached hydrogens (tertiary/aromatic N) is 3. The van der Waals surface area contributed by atoms with E-state index >= 15 is 0 Å². The van der Waals surface area contributed by atoms with Gasteiger partial charge >= 0.3 is 0 Å². The highest BCUT2D eigenvalue weighted by Crippen LogP contribution is 2.04. The molecule has 2 rings (SSSR count). The van der Waals surface area contributed by atoms with E-state index in [1.165, 1.54) is 6.20 Å². The summed E-state index contributed by atoms with van der Waals surface area (Å²) in [5, 5.41) is 2.84. The normalized spacial score (nSPS) is 10.2. The predicted octanol–water partition coefficient (Wildman–Crippen LogP) is 0.384. The molecular formula is C12H16N6O. The van der Waals surface area contributed by atoms with Crippen molar-refractivity contribution >= 4 is 11.7 Å². The summed E-state index contributed by atoms with van der Waals surface area (Å²) in [7, 11) is 0. The number of nitrogen functional groups attached to an aromatic ring is 1. The first-order valence-corrected chi connectivity index (χ1v) is 5.96. The second-order valence-corrected chi connectivity index (χ2v) is 3.98. The molecule has 0 saturated heterocycles. The molecule has 0 saturated carbocycles. The predicted molar refractivity (Wildman–Crippen MR) is 71.2 cm³/mol. The Morgan fingerprint density at radius 2 is 2.32 bits per heavy atom. The van der Waals surface area contributed by atoms with E-state index in [1.807, 2.05) is 10.8 Å². The zero-order valence-electron chi connectivity index (χ0n) is 10.4. The molecule has 0 bridgehead atoms. The molecule has 0 aliphatic rings. The molecule has 0 fully saturated rings. The van der Waals surface area contributed by atoms with Crippen molar-refractivity contribution in [3.8, 4) is 0 Å². The second kappa shape index (κ2) is 6.50. The van der Waals surface area contributed by atoms with E-state index in [9.17, 15) is 4.79 Å². The van der Waals surface area contributed by atoms with Gasteiger partial charge in [0.2, 0.25) is 0 Å². The van der Waals surface area contributed by atoms with Crippen LogP contribution in [0.5, 0.6) is 0 Å². The highest BCUT2D eigenvalue weighted by Gasteiger charge is 2.05. The SMILES string of the molecule is NNc1cc(C(=O)NCCCn2ccnc2)ccn1. The summed E-state index contributed by atoms with van der Waals surface area (Å²) in [5.74, 6) is 5.57. The van der Waals surface area contributed by atoms with Crippen LogP contribution in [0.1, 0.15) is 16.8 Å². The number of pyridine rings is 1. The van der Waals surface area contributed by atoms with Gasteiger partial charge in [-0.3, -0.25) is 4.79 Å². The number of aromatic nitrogens is 3. The van der Waals surface area contributed by atoms with Crippen molar-refractivity contribution in [1.82, 2.24) is 19.9 Å². The Kier molecular flexibility index (Phi) is 4.46. The van der Waals surface area contributed by atoms with Crippen molar-refractivity contribution < 1.29 is 4.79 Å². The van der Waals surface area contributed by atoms with Gasteiger partial charge in [-0.1, -0.05) is 0 Å². The molecule has 0 unspecified atom stereocenters. The molecule has 0 spiro atoms. The van der Waals surface area contributed by atoms with Gasteiger partial charge in [0.25, 0.3) is 5.91 Å². The summed E-state index contributed by atoms with van der Waals surface area (Å²) < 4.78 is 1.97. The monoisotopic (exact) mass is 260 g/mol. The fourth-order valence-electron chi connectivity index (χ4n) is 1.64. The van der Waals surface area contributed by atoms with Crippen LogP contribution in [0.2, 0.25) is 0 Å². The molecule has 2 aromatic heterocycles. The Morgan fingerprint density at radius 3 is 3.05 bits per heavy atom. The summed E-state index contributed by atoms with van der Waals surface area (Å²) in [5.41, 5.74) is 2.94. The number of imidazole rings is 1. The lowest BCUT2D eigenvalue weighted by molar-refractivity contribution is 0.0952. The van der Waals surface area contributed by atoms with Crippen LogP contribution in [-0.4, -0.2) is 27.0 Å². The lowest BCUT2D eigenvalue weighted by Gasteiger charge is -2.06. The number of hydrogen-bond donors (Lipinski definition) is 3. The average Bonchev–Trinajstić information content (AvgIpc) is 2.96. The van der Waals surface area contributed by atoms with Gasteiger partial charge in [0.1, 0.15) is 5.82 Å². The first-order chi connectivity index (χ1) is 9.29. The molecule has 4 N–H and O–H groups in total. The van der Waals surface area contributed by atoms with Crippen LogP contribution in [0.25, 0.3) is 0 Å². The minimum Gasteiger partial charge on any atom is -0.352 e. The molecule has 100 valence electrons. The highest BCUT2D eigenvalue weighted by molar-refractivity contribution is 5.94. The van der Waals surface area contributed by atoms with Crippen molar-refractivity contribution in [1.29, 1.82) is 0 Å². The van der Waals surface area contributed by atoms with Gasteiger partial charge in [0.15, 0.2) is 0 Å². The molecule has 19 heavy (non-hydrogen) atoms. The Morgan fingerprint density at radius 1 is 1.42 bits per heavy atom. The van der Waals surface area contributed by atoms with Crippen LogP contribution in [0.4, 0.5) is 5.82 Å². The number of hydrogen-bond acceptors (Lipinski definition) is 5. The third kappa shape index (κ3) is 3.78. The Labute approximate surface area is 110 Å². The minimum absolute atomic E-state index is 0.135. The van der Waals surface area contributed by atoms with Gasteiger partial charge in [0, 0.05) is 37.2 Å². The average molecular weight is 260 g/mol. The molecule has 1 amide bonds. The van der Waals surface area contributed by atoms with Crippen molar-refractivity contribution in [2.45, 2.75) is 13.0 Å². The maximum Gasteiger partial charge on any atom is 0.251 e. The van der Waals surface area contributed by atoms with Crippen molar-refractivity contribution in [3.05, 3.63) is 42.6 Å². The van der Waals surface area contributed by atoms with E-state index in [2.05, 4.69) is 20.7 Å². The number of nitrogens with one attached hydrogen (secondary N) is 2. The molecule has 0 radical (unpaired) electrons. The lowest BCUT2D eigenvalue weighted by Crippen LogP contribution is -2.25. The third-order valence-corrected chi connectivity index (χ3v) is 2.61. The van der Waals surface area contributed by atoms with Crippen molar-refractivity contribution in [3.63, 3.8) is 0 Å². The Balaban J connectivity index is 1.77. The highest BCUT2D eigenvalue weighted by atomic mass is 16.1. The molecule has 0 aromatic carbocycles. The number of amides is 1. The molecule has 0 aliphatic carbocycles. The summed E-state index contributed by atoms with van der Waals surface area (Å²) in [6.07, 6.45) is 7.76. The summed E-state index contributed by atoms with van der Waals surface area (Å²) in [6, 6.07) is 3.25. The largest absolute Gasteiger partial charge is 0.352 e. The van der Waals surface area contributed by atoms with E-state index in [1.54, 1.807) is 24.7 Å². The maximum atomic E-state index is 11.8. The number of rotatable bonds is 6. The van der Waals surface area contributed by atoms with Crippen molar-refractivity contribution in [2.75, 3.05) is 12.0 Å². The topological polar surface area (TPSA) is 97.9 Å². The first kappa shape index (κ1) is 13.0. The van der Waals surface area contributed by atoms with Gasteiger partial charge in [-0.2, -0.15) is 0 Å². The van der Waals surface area contributed by atoms with Gasteiger partial charge in [-0.25, -0.2) is 15.8 Å². The zero-order valence-corrected chi connectivity index (χ0v) is 10.4. The molecule has 2 heterocycles. The van der Waals surface area contributed by atoms with Gasteiger partial charge in [0.05, 0.1) is 6.33 Å². The summed E-state index contributed by atoms with van der Waals surface area (Å²) in [6.45, 7) is 1.43. The van der Waals surface area contributed by atoms with Crippen LogP contribution in [0.3, 0.4) is 0 Å². The number of carbonyl (C=O) groups is 1. The van der Waals surface area contributed by atoms with E-state index in [4.69, 9.17) is 5.84 Å². The molecule has 7 nitrogen and oxygen atoms in total. The summed E-state index contributed by atoms with van der Waals surface area (Å²) >= 11 is 0. The van der Waals surface area contributed by atoms with Crippen LogP contribution in [-0.2, 0) is 6.54 Å². The standard InChI is InChI=1S/C12H16N6O/c13-17-11-8-10(2-4-15-11)12(19)16-3-1-6-18-7-5-14-9-18/h2,4-5,7-9H,1,3,6,13H2,(H,15,17)(H,16,19). The van der Waals surface area contributed by atoms with Crippen LogP contribution < -0.4 is 16.6 Å². The third-order valence-electron chi connectivity index (χ3n) is 2.61. The van der Waals surface area contributed by atoms with Gasteiger partial charge in [-0.15, -0.1) is 0 Å². The number of anilines is 1. The quantitative estimate of drug-likeness (QED) is 0.396. The van der Waals surface area contributed by atoms with E-state index in [-0.39, 0.29) is 5.91 Å². The number of nitrogens with two attached hydrogens (primary N) is 1. The van der Waals surface area contributed by atoms with E-state index in [0.717, 1.165) is 13.0 Å². The van der Waals surface area contributed by atoms with Crippen LogP contribution in [0.15, 0.2) is 37.1 Å². The maximum absolute atomic E-state index is 11.8. The number of hydrazine groups is 1. The van der Waals surface area contributed by atoms with Gasteiger partial charge in [-0.05, 0) is 18.6 Å². The molecule has 0 atom stereocenters. The number of carbonyl (C=O) groups excluding carboxylic acids is 1. The van der Waals surface area contributed by atoms with Gasteiger partial charge < -0.3 is 15.3 Å². The molecular weight excluding hydrogens is 244 g/mol. The smallest absolute Gasteiger partial charge is 0.251 e. The number of aryl methyl sites for hydroxylation is 1. The van der Waals surface area contributed by atoms with E-state index < -0.39 is 0 Å². The molecule has 2 aromatic rings.